The standard InChI is InChI=1S/C22H21BrClN3OS/c1-14-20(21(23)15(2)27(14)18-7-5-4-6-8-18)13-25-26-22(28)16(3)29-19-11-9-17(24)10-12-19/h4-13,16H,1-3H3,(H,26,28)/b25-13-/t16-/m1/s1. The van der Waals surface area contributed by atoms with Crippen LogP contribution in [0.25, 0.3) is 5.69 Å². The minimum Gasteiger partial charge on any atom is -0.317 e. The van der Waals surface area contributed by atoms with Crippen molar-refractivity contribution >= 4 is 51.4 Å². The Morgan fingerprint density at radius 2 is 1.79 bits per heavy atom. The molecule has 1 aromatic heterocycles. The first-order chi connectivity index (χ1) is 13.9. The van der Waals surface area contributed by atoms with E-state index in [1.54, 1.807) is 6.21 Å². The minimum absolute atomic E-state index is 0.158. The number of halogens is 2. The molecular weight excluding hydrogens is 470 g/mol. The van der Waals surface area contributed by atoms with E-state index in [4.69, 9.17) is 11.6 Å². The highest BCUT2D eigenvalue weighted by Crippen LogP contribution is 2.29. The largest absolute Gasteiger partial charge is 0.317 e. The smallest absolute Gasteiger partial charge is 0.253 e. The van der Waals surface area contributed by atoms with Crippen molar-refractivity contribution in [2.75, 3.05) is 0 Å². The number of thioether (sulfide) groups is 1. The van der Waals surface area contributed by atoms with Crippen LogP contribution in [0.1, 0.15) is 23.9 Å². The van der Waals surface area contributed by atoms with E-state index in [1.807, 2.05) is 63.2 Å². The normalized spacial score (nSPS) is 12.3. The first-order valence-corrected chi connectivity index (χ1v) is 11.1. The van der Waals surface area contributed by atoms with Crippen molar-refractivity contribution < 1.29 is 4.79 Å². The Bertz CT molecular complexity index is 1030. The van der Waals surface area contributed by atoms with E-state index in [0.29, 0.717) is 5.02 Å². The molecule has 0 unspecified atom stereocenters. The van der Waals surface area contributed by atoms with Crippen molar-refractivity contribution in [1.82, 2.24) is 9.99 Å². The first-order valence-electron chi connectivity index (χ1n) is 9.06. The van der Waals surface area contributed by atoms with Gasteiger partial charge in [0.15, 0.2) is 0 Å². The fourth-order valence-corrected chi connectivity index (χ4v) is 4.51. The van der Waals surface area contributed by atoms with E-state index in [1.165, 1.54) is 11.8 Å². The fraction of sp³-hybridized carbons (Fsp3) is 0.182. The second-order valence-electron chi connectivity index (χ2n) is 6.52. The van der Waals surface area contributed by atoms with E-state index < -0.39 is 0 Å². The molecule has 0 radical (unpaired) electrons. The van der Waals surface area contributed by atoms with Crippen molar-refractivity contribution in [2.45, 2.75) is 30.9 Å². The Kier molecular flexibility index (Phi) is 7.22. The Labute approximate surface area is 188 Å². The number of nitrogens with one attached hydrogen (secondary N) is 1. The zero-order valence-electron chi connectivity index (χ0n) is 16.3. The maximum Gasteiger partial charge on any atom is 0.253 e. The van der Waals surface area contributed by atoms with E-state index in [-0.39, 0.29) is 11.2 Å². The number of carbonyl (C=O) groups excluding carboxylic acids is 1. The molecule has 0 spiro atoms. The van der Waals surface area contributed by atoms with Gasteiger partial charge in [0.1, 0.15) is 0 Å². The van der Waals surface area contributed by atoms with Crippen LogP contribution in [0, 0.1) is 13.8 Å². The molecule has 2 aromatic carbocycles. The van der Waals surface area contributed by atoms with E-state index in [9.17, 15) is 4.79 Å². The summed E-state index contributed by atoms with van der Waals surface area (Å²) in [5.41, 5.74) is 6.78. The topological polar surface area (TPSA) is 46.4 Å². The lowest BCUT2D eigenvalue weighted by atomic mass is 10.2. The molecule has 0 saturated heterocycles. The number of aromatic nitrogens is 1. The first kappa shape index (κ1) is 21.7. The van der Waals surface area contributed by atoms with Gasteiger partial charge in [-0.05, 0) is 73.1 Å². The number of hydrogen-bond acceptors (Lipinski definition) is 3. The second-order valence-corrected chi connectivity index (χ2v) is 9.16. The van der Waals surface area contributed by atoms with Crippen LogP contribution in [0.3, 0.4) is 0 Å². The van der Waals surface area contributed by atoms with E-state index in [2.05, 4.69) is 43.2 Å². The summed E-state index contributed by atoms with van der Waals surface area (Å²) < 4.78 is 3.12. The lowest BCUT2D eigenvalue weighted by molar-refractivity contribution is -0.120. The Morgan fingerprint density at radius 3 is 2.45 bits per heavy atom. The number of benzene rings is 2. The fourth-order valence-electron chi connectivity index (χ4n) is 2.96. The molecule has 0 saturated carbocycles. The van der Waals surface area contributed by atoms with Crippen LogP contribution in [0.4, 0.5) is 0 Å². The van der Waals surface area contributed by atoms with Gasteiger partial charge in [-0.1, -0.05) is 29.8 Å². The third-order valence-corrected chi connectivity index (χ3v) is 6.86. The number of nitrogens with zero attached hydrogens (tertiary/aromatic N) is 2. The zero-order valence-corrected chi connectivity index (χ0v) is 19.5. The summed E-state index contributed by atoms with van der Waals surface area (Å²) in [4.78, 5) is 13.4. The quantitative estimate of drug-likeness (QED) is 0.256. The third kappa shape index (κ3) is 5.13. The van der Waals surface area contributed by atoms with Gasteiger partial charge in [-0.2, -0.15) is 5.10 Å². The predicted molar refractivity (Wildman–Crippen MR) is 125 cm³/mol. The molecule has 4 nitrogen and oxygen atoms in total. The maximum atomic E-state index is 12.4. The van der Waals surface area contributed by atoms with Crippen LogP contribution in [0.2, 0.25) is 5.02 Å². The second kappa shape index (κ2) is 9.65. The molecule has 3 rings (SSSR count). The molecule has 3 aromatic rings. The van der Waals surface area contributed by atoms with Crippen molar-refractivity contribution in [2.24, 2.45) is 5.10 Å². The Hall–Kier alpha value is -2.02. The number of rotatable bonds is 6. The number of carbonyl (C=O) groups is 1. The lowest BCUT2D eigenvalue weighted by Crippen LogP contribution is -2.26. The predicted octanol–water partition coefficient (Wildman–Crippen LogP) is 6.14. The lowest BCUT2D eigenvalue weighted by Gasteiger charge is -2.09. The van der Waals surface area contributed by atoms with Crippen LogP contribution >= 0.6 is 39.3 Å². The van der Waals surface area contributed by atoms with Crippen molar-refractivity contribution in [3.8, 4) is 5.69 Å². The number of para-hydroxylation sites is 1. The summed E-state index contributed by atoms with van der Waals surface area (Å²) in [5, 5.41) is 4.58. The van der Waals surface area contributed by atoms with Crippen molar-refractivity contribution in [3.63, 3.8) is 0 Å². The van der Waals surface area contributed by atoms with Gasteiger partial charge in [0.05, 0.1) is 11.5 Å². The summed E-state index contributed by atoms with van der Waals surface area (Å²) in [6.45, 7) is 5.93. The summed E-state index contributed by atoms with van der Waals surface area (Å²) in [7, 11) is 0. The van der Waals surface area contributed by atoms with Gasteiger partial charge in [-0.3, -0.25) is 4.79 Å². The zero-order chi connectivity index (χ0) is 21.0. The van der Waals surface area contributed by atoms with E-state index in [0.717, 1.165) is 32.0 Å². The van der Waals surface area contributed by atoms with Gasteiger partial charge >= 0.3 is 0 Å². The molecule has 1 amide bonds. The molecule has 1 atom stereocenters. The molecule has 0 fully saturated rings. The van der Waals surface area contributed by atoms with E-state index >= 15 is 0 Å². The summed E-state index contributed by atoms with van der Waals surface area (Å²) in [6, 6.07) is 17.6. The van der Waals surface area contributed by atoms with Gasteiger partial charge in [0.25, 0.3) is 5.91 Å². The van der Waals surface area contributed by atoms with Gasteiger partial charge < -0.3 is 4.57 Å². The number of hydrogen-bond donors (Lipinski definition) is 1. The highest BCUT2D eigenvalue weighted by Gasteiger charge is 2.16. The molecule has 0 aliphatic carbocycles. The van der Waals surface area contributed by atoms with Gasteiger partial charge in [-0.15, -0.1) is 11.8 Å². The molecule has 29 heavy (non-hydrogen) atoms. The van der Waals surface area contributed by atoms with Gasteiger partial charge in [0, 0.05) is 37.0 Å². The number of hydrazone groups is 1. The highest BCUT2D eigenvalue weighted by atomic mass is 79.9. The molecule has 0 aliphatic heterocycles. The Morgan fingerprint density at radius 1 is 1.14 bits per heavy atom. The van der Waals surface area contributed by atoms with Crippen LogP contribution in [0.5, 0.6) is 0 Å². The van der Waals surface area contributed by atoms with Crippen LogP contribution < -0.4 is 5.43 Å². The van der Waals surface area contributed by atoms with Crippen molar-refractivity contribution in [3.05, 3.63) is 81.0 Å². The highest BCUT2D eigenvalue weighted by molar-refractivity contribution is 9.10. The molecule has 1 N–H and O–H groups in total. The molecule has 0 bridgehead atoms. The summed E-state index contributed by atoms with van der Waals surface area (Å²) in [6.07, 6.45) is 1.68. The monoisotopic (exact) mass is 489 g/mol. The third-order valence-electron chi connectivity index (χ3n) is 4.49. The Balaban J connectivity index is 1.70. The van der Waals surface area contributed by atoms with Gasteiger partial charge in [-0.25, -0.2) is 5.43 Å². The average molecular weight is 491 g/mol. The number of amides is 1. The summed E-state index contributed by atoms with van der Waals surface area (Å²) >= 11 is 11.0. The average Bonchev–Trinajstić information content (AvgIpc) is 2.93. The molecule has 150 valence electrons. The minimum atomic E-state index is -0.284. The molecule has 7 heteroatoms. The maximum absolute atomic E-state index is 12.4. The van der Waals surface area contributed by atoms with Crippen LogP contribution in [-0.4, -0.2) is 21.9 Å². The SMILES string of the molecule is Cc1c(Br)c(/C=N\NC(=O)[C@@H](C)Sc2ccc(Cl)cc2)c(C)n1-c1ccccc1. The van der Waals surface area contributed by atoms with Crippen LogP contribution in [-0.2, 0) is 4.79 Å². The van der Waals surface area contributed by atoms with Crippen LogP contribution in [0.15, 0.2) is 69.1 Å². The molecule has 0 aliphatic rings. The van der Waals surface area contributed by atoms with Gasteiger partial charge in [0.2, 0.25) is 0 Å². The summed E-state index contributed by atoms with van der Waals surface area (Å²) in [5.74, 6) is -0.158. The molecule has 1 heterocycles. The van der Waals surface area contributed by atoms with Crippen molar-refractivity contribution in [1.29, 1.82) is 0 Å². The molecular formula is C22H21BrClN3OS.